The van der Waals surface area contributed by atoms with E-state index in [1.807, 2.05) is 39.0 Å². The van der Waals surface area contributed by atoms with E-state index in [0.717, 1.165) is 27.0 Å². The molecule has 0 saturated heterocycles. The third kappa shape index (κ3) is 2.52. The molecule has 3 aromatic rings. The molecular formula is C17H15ClO2S. The van der Waals surface area contributed by atoms with Crippen molar-refractivity contribution in [3.8, 4) is 0 Å². The van der Waals surface area contributed by atoms with Crippen molar-refractivity contribution in [3.63, 3.8) is 0 Å². The van der Waals surface area contributed by atoms with Crippen LogP contribution in [0.4, 0.5) is 0 Å². The van der Waals surface area contributed by atoms with E-state index in [-0.39, 0.29) is 0 Å². The highest BCUT2D eigenvalue weighted by Crippen LogP contribution is 2.34. The molecule has 0 unspecified atom stereocenters. The molecule has 0 bridgehead atoms. The van der Waals surface area contributed by atoms with Crippen LogP contribution in [0.1, 0.15) is 16.9 Å². The van der Waals surface area contributed by atoms with E-state index in [2.05, 4.69) is 6.07 Å². The Morgan fingerprint density at radius 2 is 1.86 bits per heavy atom. The van der Waals surface area contributed by atoms with Gasteiger partial charge in [-0.05, 0) is 56.2 Å². The number of hydrogen-bond acceptors (Lipinski definition) is 2. The predicted molar refractivity (Wildman–Crippen MR) is 86.6 cm³/mol. The molecule has 0 spiro atoms. The largest absolute Gasteiger partial charge is 0.460 e. The summed E-state index contributed by atoms with van der Waals surface area (Å²) in [5.74, 6) is 0.692. The number of aryl methyl sites for hydroxylation is 3. The Balaban J connectivity index is 2.25. The molecule has 3 rings (SSSR count). The van der Waals surface area contributed by atoms with Crippen LogP contribution in [0.3, 0.4) is 0 Å². The van der Waals surface area contributed by atoms with Crippen LogP contribution in [-0.4, -0.2) is 4.21 Å². The average molecular weight is 319 g/mol. The third-order valence-electron chi connectivity index (χ3n) is 3.45. The highest BCUT2D eigenvalue weighted by atomic mass is 35.5. The zero-order chi connectivity index (χ0) is 15.1. The van der Waals surface area contributed by atoms with Crippen molar-refractivity contribution in [1.82, 2.24) is 0 Å². The minimum Gasteiger partial charge on any atom is -0.460 e. The number of fused-ring (bicyclic) bond motifs is 1. The molecule has 1 heterocycles. The van der Waals surface area contributed by atoms with Gasteiger partial charge in [-0.3, -0.25) is 0 Å². The van der Waals surface area contributed by atoms with Crippen molar-refractivity contribution in [2.24, 2.45) is 0 Å². The lowest BCUT2D eigenvalue weighted by molar-refractivity contribution is 0.566. The number of hydrogen-bond donors (Lipinski definition) is 0. The van der Waals surface area contributed by atoms with E-state index in [9.17, 15) is 4.21 Å². The van der Waals surface area contributed by atoms with Crippen LogP contribution in [0.25, 0.3) is 11.0 Å². The van der Waals surface area contributed by atoms with E-state index in [4.69, 9.17) is 16.0 Å². The Bertz CT molecular complexity index is 865. The first-order chi connectivity index (χ1) is 9.97. The Labute approximate surface area is 131 Å². The zero-order valence-corrected chi connectivity index (χ0v) is 13.6. The van der Waals surface area contributed by atoms with Crippen molar-refractivity contribution in [2.75, 3.05) is 0 Å². The number of furan rings is 1. The summed E-state index contributed by atoms with van der Waals surface area (Å²) in [5, 5.41) is 1.52. The van der Waals surface area contributed by atoms with E-state index >= 15 is 0 Å². The molecule has 1 atom stereocenters. The van der Waals surface area contributed by atoms with E-state index in [0.29, 0.717) is 15.7 Å². The van der Waals surface area contributed by atoms with Gasteiger partial charge in [0.25, 0.3) is 0 Å². The standard InChI is InChI=1S/C17H15ClO2S/c1-10-7-11(2)16-15(8-10)20-12(3)17(16)21(19)14-6-4-5-13(18)9-14/h4-9H,1-3H3/t21-/m1/s1. The first kappa shape index (κ1) is 14.4. The van der Waals surface area contributed by atoms with Gasteiger partial charge in [0.15, 0.2) is 0 Å². The molecule has 0 aliphatic rings. The molecule has 108 valence electrons. The lowest BCUT2D eigenvalue weighted by Crippen LogP contribution is -1.95. The molecule has 0 radical (unpaired) electrons. The van der Waals surface area contributed by atoms with Gasteiger partial charge in [-0.25, -0.2) is 4.21 Å². The summed E-state index contributed by atoms with van der Waals surface area (Å²) in [6.45, 7) is 5.90. The molecule has 0 amide bonds. The van der Waals surface area contributed by atoms with Gasteiger partial charge in [-0.1, -0.05) is 23.7 Å². The fraction of sp³-hybridized carbons (Fsp3) is 0.176. The minimum absolute atomic E-state index is 0.582. The molecular weight excluding hydrogens is 304 g/mol. The first-order valence-corrected chi connectivity index (χ1v) is 8.18. The lowest BCUT2D eigenvalue weighted by atomic mass is 10.1. The van der Waals surface area contributed by atoms with Gasteiger partial charge in [-0.2, -0.15) is 0 Å². The van der Waals surface area contributed by atoms with Crippen molar-refractivity contribution in [3.05, 3.63) is 58.3 Å². The summed E-state index contributed by atoms with van der Waals surface area (Å²) in [5.41, 5.74) is 3.00. The third-order valence-corrected chi connectivity index (χ3v) is 5.23. The van der Waals surface area contributed by atoms with Gasteiger partial charge in [0, 0.05) is 15.3 Å². The van der Waals surface area contributed by atoms with Crippen molar-refractivity contribution in [1.29, 1.82) is 0 Å². The van der Waals surface area contributed by atoms with Crippen LogP contribution in [0.2, 0.25) is 5.02 Å². The Morgan fingerprint density at radius 3 is 2.57 bits per heavy atom. The zero-order valence-electron chi connectivity index (χ0n) is 12.1. The Hall–Kier alpha value is -1.58. The SMILES string of the molecule is Cc1cc(C)c2c([S@](=O)c3cccc(Cl)c3)c(C)oc2c1. The molecule has 0 aliphatic carbocycles. The number of rotatable bonds is 2. The van der Waals surface area contributed by atoms with Crippen LogP contribution in [0.5, 0.6) is 0 Å². The molecule has 0 fully saturated rings. The fourth-order valence-electron chi connectivity index (χ4n) is 2.61. The second-order valence-electron chi connectivity index (χ2n) is 5.17. The topological polar surface area (TPSA) is 30.2 Å². The normalized spacial score (nSPS) is 12.8. The van der Waals surface area contributed by atoms with E-state index in [1.54, 1.807) is 12.1 Å². The van der Waals surface area contributed by atoms with Crippen molar-refractivity contribution in [2.45, 2.75) is 30.6 Å². The quantitative estimate of drug-likeness (QED) is 0.652. The smallest absolute Gasteiger partial charge is 0.136 e. The number of benzene rings is 2. The van der Waals surface area contributed by atoms with Crippen LogP contribution in [0.15, 0.2) is 50.6 Å². The maximum Gasteiger partial charge on any atom is 0.136 e. The Morgan fingerprint density at radius 1 is 1.10 bits per heavy atom. The van der Waals surface area contributed by atoms with Crippen molar-refractivity contribution >= 4 is 33.4 Å². The molecule has 0 aliphatic heterocycles. The maximum absolute atomic E-state index is 12.9. The second kappa shape index (κ2) is 5.32. The monoisotopic (exact) mass is 318 g/mol. The summed E-state index contributed by atoms with van der Waals surface area (Å²) in [7, 11) is -1.31. The Kier molecular flexibility index (Phi) is 3.64. The molecule has 21 heavy (non-hydrogen) atoms. The molecule has 0 N–H and O–H groups in total. The van der Waals surface area contributed by atoms with Gasteiger partial charge in [0.05, 0.1) is 15.7 Å². The van der Waals surface area contributed by atoms with Crippen LogP contribution < -0.4 is 0 Å². The van der Waals surface area contributed by atoms with Crippen LogP contribution >= 0.6 is 11.6 Å². The minimum atomic E-state index is -1.31. The number of halogens is 1. The predicted octanol–water partition coefficient (Wildman–Crippen LogP) is 5.18. The molecule has 1 aromatic heterocycles. The van der Waals surface area contributed by atoms with Crippen LogP contribution in [0, 0.1) is 20.8 Å². The summed E-state index contributed by atoms with van der Waals surface area (Å²) >= 11 is 6.00. The molecule has 2 nitrogen and oxygen atoms in total. The maximum atomic E-state index is 12.9. The molecule has 0 saturated carbocycles. The van der Waals surface area contributed by atoms with Gasteiger partial charge >= 0.3 is 0 Å². The van der Waals surface area contributed by atoms with Gasteiger partial charge < -0.3 is 4.42 Å². The highest BCUT2D eigenvalue weighted by molar-refractivity contribution is 7.85. The average Bonchev–Trinajstić information content (AvgIpc) is 2.74. The summed E-state index contributed by atoms with van der Waals surface area (Å²) in [6, 6.07) is 11.2. The molecule has 4 heteroatoms. The first-order valence-electron chi connectivity index (χ1n) is 6.65. The second-order valence-corrected chi connectivity index (χ2v) is 7.02. The molecule has 2 aromatic carbocycles. The van der Waals surface area contributed by atoms with E-state index in [1.165, 1.54) is 0 Å². The van der Waals surface area contributed by atoms with Gasteiger partial charge in [0.2, 0.25) is 0 Å². The highest BCUT2D eigenvalue weighted by Gasteiger charge is 2.20. The van der Waals surface area contributed by atoms with Gasteiger partial charge in [0.1, 0.15) is 11.3 Å². The van der Waals surface area contributed by atoms with Crippen molar-refractivity contribution < 1.29 is 8.63 Å². The lowest BCUT2D eigenvalue weighted by Gasteiger charge is -2.04. The summed E-state index contributed by atoms with van der Waals surface area (Å²) in [4.78, 5) is 1.43. The van der Waals surface area contributed by atoms with E-state index < -0.39 is 10.8 Å². The fourth-order valence-corrected chi connectivity index (χ4v) is 4.29. The van der Waals surface area contributed by atoms with Gasteiger partial charge in [-0.15, -0.1) is 0 Å². The summed E-state index contributed by atoms with van der Waals surface area (Å²) < 4.78 is 18.7. The van der Waals surface area contributed by atoms with Crippen LogP contribution in [-0.2, 0) is 10.8 Å². The summed E-state index contributed by atoms with van der Waals surface area (Å²) in [6.07, 6.45) is 0.